The van der Waals surface area contributed by atoms with E-state index < -0.39 is 5.91 Å². The fourth-order valence-corrected chi connectivity index (χ4v) is 3.80. The number of hydrogen-bond donors (Lipinski definition) is 2. The van der Waals surface area contributed by atoms with E-state index in [-0.39, 0.29) is 43.7 Å². The Balaban J connectivity index is 1.28. The molecule has 0 unspecified atom stereocenters. The number of rotatable bonds is 6. The molecule has 0 bridgehead atoms. The first-order valence-electron chi connectivity index (χ1n) is 11.1. The molecule has 2 heterocycles. The van der Waals surface area contributed by atoms with Gasteiger partial charge in [-0.2, -0.15) is 5.10 Å². The maximum atomic E-state index is 13.0. The Bertz CT molecular complexity index is 1320. The standard InChI is InChI=1S/C26H22N4O5/c31-24-13-11-21(29-30(24)18-6-2-1-3-7-18)26(33)28-20-9-5-4-8-19(20)25(32)27-15-17-10-12-22-23(14-17)35-16-34-22/h1-10,12,14H,11,13,15-16H2,(H,27,32)(H,28,33). The third-order valence-corrected chi connectivity index (χ3v) is 5.61. The predicted octanol–water partition coefficient (Wildman–Crippen LogP) is 3.47. The van der Waals surface area contributed by atoms with Gasteiger partial charge in [0.05, 0.1) is 16.9 Å². The van der Waals surface area contributed by atoms with Crippen LogP contribution in [0.15, 0.2) is 77.9 Å². The molecular weight excluding hydrogens is 448 g/mol. The zero-order chi connectivity index (χ0) is 24.2. The third-order valence-electron chi connectivity index (χ3n) is 5.61. The van der Waals surface area contributed by atoms with Crippen LogP contribution in [0.5, 0.6) is 11.5 Å². The van der Waals surface area contributed by atoms with Gasteiger partial charge in [0.25, 0.3) is 11.8 Å². The van der Waals surface area contributed by atoms with Gasteiger partial charge in [-0.1, -0.05) is 36.4 Å². The number of carbonyl (C=O) groups excluding carboxylic acids is 3. The van der Waals surface area contributed by atoms with E-state index in [1.54, 1.807) is 54.6 Å². The Labute approximate surface area is 201 Å². The summed E-state index contributed by atoms with van der Waals surface area (Å²) < 4.78 is 10.7. The Morgan fingerprint density at radius 1 is 0.886 bits per heavy atom. The highest BCUT2D eigenvalue weighted by Crippen LogP contribution is 2.32. The molecule has 2 aliphatic rings. The molecule has 0 fully saturated rings. The first-order chi connectivity index (χ1) is 17.1. The van der Waals surface area contributed by atoms with Crippen molar-refractivity contribution in [1.29, 1.82) is 0 Å². The van der Waals surface area contributed by atoms with Crippen LogP contribution in [0.25, 0.3) is 0 Å². The van der Waals surface area contributed by atoms with Crippen LogP contribution < -0.4 is 25.1 Å². The molecule has 0 aliphatic carbocycles. The summed E-state index contributed by atoms with van der Waals surface area (Å²) >= 11 is 0. The molecule has 0 spiro atoms. The average Bonchev–Trinajstić information content (AvgIpc) is 3.36. The minimum Gasteiger partial charge on any atom is -0.454 e. The van der Waals surface area contributed by atoms with Crippen molar-refractivity contribution < 1.29 is 23.9 Å². The Kier molecular flexibility index (Phi) is 6.13. The van der Waals surface area contributed by atoms with Crippen LogP contribution in [-0.2, 0) is 16.1 Å². The van der Waals surface area contributed by atoms with Gasteiger partial charge >= 0.3 is 0 Å². The van der Waals surface area contributed by atoms with Crippen molar-refractivity contribution in [3.8, 4) is 11.5 Å². The molecule has 0 radical (unpaired) electrons. The minimum atomic E-state index is -0.463. The number of carbonyl (C=O) groups is 3. The molecule has 3 aromatic rings. The van der Waals surface area contributed by atoms with Crippen molar-refractivity contribution in [2.24, 2.45) is 5.10 Å². The summed E-state index contributed by atoms with van der Waals surface area (Å²) in [4.78, 5) is 38.2. The maximum Gasteiger partial charge on any atom is 0.271 e. The van der Waals surface area contributed by atoms with E-state index in [2.05, 4.69) is 15.7 Å². The molecule has 0 aromatic heterocycles. The normalized spacial score (nSPS) is 14.3. The molecule has 2 N–H and O–H groups in total. The molecule has 176 valence electrons. The SMILES string of the molecule is O=C(Nc1ccccc1C(=O)NCc1ccc2c(c1)OCO2)C1=NN(c2ccccc2)C(=O)CC1. The Morgan fingerprint density at radius 2 is 1.66 bits per heavy atom. The number of para-hydroxylation sites is 2. The van der Waals surface area contributed by atoms with E-state index in [4.69, 9.17) is 9.47 Å². The van der Waals surface area contributed by atoms with Crippen molar-refractivity contribution in [1.82, 2.24) is 5.32 Å². The smallest absolute Gasteiger partial charge is 0.271 e. The first-order valence-corrected chi connectivity index (χ1v) is 11.1. The van der Waals surface area contributed by atoms with Crippen molar-refractivity contribution in [2.45, 2.75) is 19.4 Å². The molecule has 3 aromatic carbocycles. The Morgan fingerprint density at radius 3 is 2.51 bits per heavy atom. The van der Waals surface area contributed by atoms with Gasteiger partial charge in [-0.3, -0.25) is 14.4 Å². The second-order valence-corrected chi connectivity index (χ2v) is 7.96. The van der Waals surface area contributed by atoms with E-state index in [1.807, 2.05) is 18.2 Å². The lowest BCUT2D eigenvalue weighted by Gasteiger charge is -2.23. The summed E-state index contributed by atoms with van der Waals surface area (Å²) in [6.45, 7) is 0.458. The number of nitrogens with one attached hydrogen (secondary N) is 2. The van der Waals surface area contributed by atoms with Crippen molar-refractivity contribution >= 4 is 34.8 Å². The summed E-state index contributed by atoms with van der Waals surface area (Å²) in [6, 6.07) is 21.1. The second-order valence-electron chi connectivity index (χ2n) is 7.96. The number of hydrazone groups is 1. The zero-order valence-corrected chi connectivity index (χ0v) is 18.7. The summed E-state index contributed by atoms with van der Waals surface area (Å²) in [5, 5.41) is 11.2. The number of ether oxygens (including phenoxy) is 2. The van der Waals surface area contributed by atoms with Gasteiger partial charge < -0.3 is 20.1 Å². The van der Waals surface area contributed by atoms with Gasteiger partial charge in [0.1, 0.15) is 5.71 Å². The molecule has 0 atom stereocenters. The number of fused-ring (bicyclic) bond motifs is 1. The highest BCUT2D eigenvalue weighted by Gasteiger charge is 2.26. The van der Waals surface area contributed by atoms with Gasteiger partial charge in [-0.25, -0.2) is 5.01 Å². The van der Waals surface area contributed by atoms with Crippen LogP contribution in [0.3, 0.4) is 0 Å². The van der Waals surface area contributed by atoms with Crippen LogP contribution in [0, 0.1) is 0 Å². The van der Waals surface area contributed by atoms with Gasteiger partial charge in [0, 0.05) is 19.4 Å². The summed E-state index contributed by atoms with van der Waals surface area (Å²) in [7, 11) is 0. The van der Waals surface area contributed by atoms with E-state index in [0.29, 0.717) is 28.4 Å². The molecule has 5 rings (SSSR count). The van der Waals surface area contributed by atoms with Crippen molar-refractivity contribution in [3.63, 3.8) is 0 Å². The van der Waals surface area contributed by atoms with Gasteiger partial charge in [0.2, 0.25) is 12.7 Å². The third kappa shape index (κ3) is 4.84. The largest absolute Gasteiger partial charge is 0.454 e. The summed E-state index contributed by atoms with van der Waals surface area (Å²) in [6.07, 6.45) is 0.380. The molecule has 3 amide bonds. The van der Waals surface area contributed by atoms with Crippen LogP contribution in [0.4, 0.5) is 11.4 Å². The fraction of sp³-hybridized carbons (Fsp3) is 0.154. The van der Waals surface area contributed by atoms with Gasteiger partial charge in [-0.05, 0) is 42.0 Å². The van der Waals surface area contributed by atoms with Crippen LogP contribution in [0.1, 0.15) is 28.8 Å². The Hall–Kier alpha value is -4.66. The van der Waals surface area contributed by atoms with Crippen molar-refractivity contribution in [3.05, 3.63) is 83.9 Å². The van der Waals surface area contributed by atoms with E-state index in [1.165, 1.54) is 5.01 Å². The lowest BCUT2D eigenvalue weighted by atomic mass is 10.1. The number of hydrogen-bond acceptors (Lipinski definition) is 6. The number of benzene rings is 3. The van der Waals surface area contributed by atoms with E-state index in [9.17, 15) is 14.4 Å². The molecular formula is C26H22N4O5. The lowest BCUT2D eigenvalue weighted by Crippen LogP contribution is -2.36. The summed E-state index contributed by atoms with van der Waals surface area (Å²) in [5.41, 5.74) is 2.32. The van der Waals surface area contributed by atoms with Crippen LogP contribution in [0.2, 0.25) is 0 Å². The van der Waals surface area contributed by atoms with Gasteiger partial charge in [-0.15, -0.1) is 0 Å². The average molecular weight is 470 g/mol. The first kappa shape index (κ1) is 22.1. The number of anilines is 2. The zero-order valence-electron chi connectivity index (χ0n) is 18.7. The molecule has 9 heteroatoms. The van der Waals surface area contributed by atoms with Crippen molar-refractivity contribution in [2.75, 3.05) is 17.1 Å². The highest BCUT2D eigenvalue weighted by molar-refractivity contribution is 6.44. The lowest BCUT2D eigenvalue weighted by molar-refractivity contribution is -0.118. The minimum absolute atomic E-state index is 0.165. The van der Waals surface area contributed by atoms with E-state index in [0.717, 1.165) is 5.56 Å². The topological polar surface area (TPSA) is 109 Å². The second kappa shape index (κ2) is 9.68. The maximum absolute atomic E-state index is 13.0. The molecule has 9 nitrogen and oxygen atoms in total. The van der Waals surface area contributed by atoms with Crippen LogP contribution in [-0.4, -0.2) is 30.2 Å². The quantitative estimate of drug-likeness (QED) is 0.573. The van der Waals surface area contributed by atoms with Crippen LogP contribution >= 0.6 is 0 Å². The predicted molar refractivity (Wildman–Crippen MR) is 129 cm³/mol. The molecule has 0 saturated carbocycles. The van der Waals surface area contributed by atoms with E-state index >= 15 is 0 Å². The van der Waals surface area contributed by atoms with Gasteiger partial charge in [0.15, 0.2) is 11.5 Å². The number of nitrogens with zero attached hydrogens (tertiary/aromatic N) is 2. The number of amides is 3. The highest BCUT2D eigenvalue weighted by atomic mass is 16.7. The molecule has 0 saturated heterocycles. The fourth-order valence-electron chi connectivity index (χ4n) is 3.80. The monoisotopic (exact) mass is 470 g/mol. The molecule has 2 aliphatic heterocycles. The summed E-state index contributed by atoms with van der Waals surface area (Å²) in [5.74, 6) is 0.322. The molecule has 35 heavy (non-hydrogen) atoms.